The number of benzene rings is 2. The summed E-state index contributed by atoms with van der Waals surface area (Å²) in [6.45, 7) is 5.79. The van der Waals surface area contributed by atoms with Crippen LogP contribution in [0.4, 0.5) is 18.9 Å². The first-order valence-electron chi connectivity index (χ1n) is 12.8. The van der Waals surface area contributed by atoms with Crippen LogP contribution in [-0.2, 0) is 19.9 Å². The van der Waals surface area contributed by atoms with Gasteiger partial charge in [-0.25, -0.2) is 4.79 Å². The molecule has 4 atom stereocenters. The summed E-state index contributed by atoms with van der Waals surface area (Å²) in [5, 5.41) is 31.2. The molecule has 2 fully saturated rings. The lowest BCUT2D eigenvalue weighted by Crippen LogP contribution is -2.63. The quantitative estimate of drug-likeness (QED) is 0.380. The van der Waals surface area contributed by atoms with Crippen molar-refractivity contribution in [2.75, 3.05) is 5.32 Å². The van der Waals surface area contributed by atoms with Gasteiger partial charge < -0.3 is 20.5 Å². The highest BCUT2D eigenvalue weighted by Crippen LogP contribution is 2.39. The van der Waals surface area contributed by atoms with Gasteiger partial charge in [0.05, 0.1) is 46.5 Å². The maximum absolute atomic E-state index is 13.3. The van der Waals surface area contributed by atoms with E-state index in [0.29, 0.717) is 35.2 Å². The first-order chi connectivity index (χ1) is 19.6. The molecule has 42 heavy (non-hydrogen) atoms. The number of aliphatic carboxylic acids is 1. The van der Waals surface area contributed by atoms with Gasteiger partial charge >= 0.3 is 12.1 Å². The number of carbonyl (C=O) groups is 3. The molecule has 10 nitrogen and oxygen atoms in total. The number of alkyl halides is 3. The van der Waals surface area contributed by atoms with Crippen molar-refractivity contribution in [2.24, 2.45) is 0 Å². The Bertz CT molecular complexity index is 1400. The van der Waals surface area contributed by atoms with Gasteiger partial charge in [0, 0.05) is 11.6 Å². The summed E-state index contributed by atoms with van der Waals surface area (Å²) in [4.78, 5) is 36.5. The summed E-state index contributed by atoms with van der Waals surface area (Å²) >= 11 is 6.72. The molecular weight excluding hydrogens is 579 g/mol. The number of guanidine groups is 1. The molecule has 0 saturated carbocycles. The summed E-state index contributed by atoms with van der Waals surface area (Å²) < 4.78 is 37.5. The van der Waals surface area contributed by atoms with E-state index in [9.17, 15) is 22.8 Å². The monoisotopic (exact) mass is 607 g/mol. The predicted octanol–water partition coefficient (Wildman–Crippen LogP) is 5.03. The van der Waals surface area contributed by atoms with E-state index >= 15 is 0 Å². The Hall–Kier alpha value is -4.15. The SMILES string of the molecule is C[C@@H]1CC(N2C(=N)N[C@](C)(c3cccc(NC(=O)c4cccc(C#N)c4)c3Cl)CC2=O)C[C@H](C)O1.O=C(O)C(F)(F)F. The minimum absolute atomic E-state index is 0.0150. The van der Waals surface area contributed by atoms with E-state index < -0.39 is 23.6 Å². The van der Waals surface area contributed by atoms with Gasteiger partial charge in [0.1, 0.15) is 0 Å². The molecule has 14 heteroatoms. The fourth-order valence-corrected chi connectivity index (χ4v) is 5.37. The first kappa shape index (κ1) is 32.4. The molecule has 2 amide bonds. The Morgan fingerprint density at radius 3 is 2.36 bits per heavy atom. The van der Waals surface area contributed by atoms with Crippen LogP contribution in [0.1, 0.15) is 61.5 Å². The Kier molecular flexibility index (Phi) is 9.86. The number of amides is 2. The molecule has 0 spiro atoms. The van der Waals surface area contributed by atoms with E-state index in [1.807, 2.05) is 26.8 Å². The Morgan fingerprint density at radius 2 is 1.81 bits per heavy atom. The van der Waals surface area contributed by atoms with Crippen molar-refractivity contribution in [2.45, 2.75) is 70.0 Å². The zero-order valence-electron chi connectivity index (χ0n) is 22.9. The average molecular weight is 608 g/mol. The number of hydrogen-bond donors (Lipinski definition) is 4. The molecule has 0 bridgehead atoms. The number of halogens is 4. The second-order valence-electron chi connectivity index (χ2n) is 10.2. The maximum Gasteiger partial charge on any atom is 0.490 e. The van der Waals surface area contributed by atoms with Crippen molar-refractivity contribution in [3.05, 3.63) is 64.2 Å². The molecule has 2 aliphatic heterocycles. The molecule has 1 unspecified atom stereocenters. The van der Waals surface area contributed by atoms with E-state index in [1.165, 1.54) is 6.07 Å². The number of carboxylic acid groups (broad SMARTS) is 1. The largest absolute Gasteiger partial charge is 0.490 e. The van der Waals surface area contributed by atoms with E-state index in [-0.39, 0.29) is 41.6 Å². The lowest BCUT2D eigenvalue weighted by Gasteiger charge is -2.46. The van der Waals surface area contributed by atoms with Crippen molar-refractivity contribution >= 4 is 41.0 Å². The Labute approximate surface area is 244 Å². The molecule has 2 aromatic carbocycles. The highest BCUT2D eigenvalue weighted by atomic mass is 35.5. The van der Waals surface area contributed by atoms with Crippen molar-refractivity contribution in [3.8, 4) is 6.07 Å². The summed E-state index contributed by atoms with van der Waals surface area (Å²) in [7, 11) is 0. The summed E-state index contributed by atoms with van der Waals surface area (Å²) in [6.07, 6.45) is -3.60. The van der Waals surface area contributed by atoms with Crippen molar-refractivity contribution in [1.82, 2.24) is 10.2 Å². The fourth-order valence-electron chi connectivity index (χ4n) is 4.99. The highest BCUT2D eigenvalue weighted by Gasteiger charge is 2.44. The van der Waals surface area contributed by atoms with Gasteiger partial charge in [-0.2, -0.15) is 18.4 Å². The van der Waals surface area contributed by atoms with E-state index in [0.717, 1.165) is 0 Å². The van der Waals surface area contributed by atoms with Crippen LogP contribution in [0, 0.1) is 16.7 Å². The third-order valence-corrected chi connectivity index (χ3v) is 7.19. The molecule has 2 aromatic rings. The first-order valence-corrected chi connectivity index (χ1v) is 13.2. The molecule has 0 aliphatic carbocycles. The van der Waals surface area contributed by atoms with E-state index in [1.54, 1.807) is 41.3 Å². The van der Waals surface area contributed by atoms with E-state index in [2.05, 4.69) is 10.6 Å². The molecule has 4 N–H and O–H groups in total. The van der Waals surface area contributed by atoms with Gasteiger partial charge in [-0.1, -0.05) is 29.8 Å². The highest BCUT2D eigenvalue weighted by molar-refractivity contribution is 6.35. The third-order valence-electron chi connectivity index (χ3n) is 6.78. The van der Waals surface area contributed by atoms with Crippen LogP contribution in [-0.4, -0.2) is 58.2 Å². The summed E-state index contributed by atoms with van der Waals surface area (Å²) in [5.41, 5.74) is 0.777. The average Bonchev–Trinajstić information content (AvgIpc) is 2.88. The van der Waals surface area contributed by atoms with E-state index in [4.69, 9.17) is 36.9 Å². The molecule has 4 rings (SSSR count). The van der Waals surface area contributed by atoms with Crippen LogP contribution in [0.2, 0.25) is 5.02 Å². The van der Waals surface area contributed by atoms with Crippen molar-refractivity contribution < 1.29 is 37.4 Å². The number of hydrogen-bond acceptors (Lipinski definition) is 6. The number of nitrogens with one attached hydrogen (secondary N) is 3. The fraction of sp³-hybridized carbons (Fsp3) is 0.393. The molecule has 224 valence electrons. The lowest BCUT2D eigenvalue weighted by molar-refractivity contribution is -0.192. The van der Waals surface area contributed by atoms with Gasteiger partial charge in [-0.15, -0.1) is 0 Å². The topological polar surface area (TPSA) is 156 Å². The molecule has 2 heterocycles. The minimum atomic E-state index is -5.08. The summed E-state index contributed by atoms with van der Waals surface area (Å²) in [5.74, 6) is -3.27. The maximum atomic E-state index is 13.3. The van der Waals surface area contributed by atoms with Crippen LogP contribution in [0.5, 0.6) is 0 Å². The molecule has 2 saturated heterocycles. The van der Waals surface area contributed by atoms with Crippen molar-refractivity contribution in [1.29, 1.82) is 10.7 Å². The number of ether oxygens (including phenoxy) is 1. The minimum Gasteiger partial charge on any atom is -0.475 e. The number of nitriles is 1. The number of rotatable bonds is 4. The van der Waals surface area contributed by atoms with Crippen molar-refractivity contribution in [3.63, 3.8) is 0 Å². The smallest absolute Gasteiger partial charge is 0.475 e. The third kappa shape index (κ3) is 7.57. The number of carboxylic acids is 1. The van der Waals surface area contributed by atoms with Gasteiger partial charge in [0.25, 0.3) is 5.91 Å². The lowest BCUT2D eigenvalue weighted by atomic mass is 9.85. The number of nitrogens with zero attached hydrogens (tertiary/aromatic N) is 2. The van der Waals surface area contributed by atoms with Gasteiger partial charge in [0.15, 0.2) is 5.96 Å². The van der Waals surface area contributed by atoms with Crippen LogP contribution in [0.3, 0.4) is 0 Å². The predicted molar refractivity (Wildman–Crippen MR) is 147 cm³/mol. The van der Waals surface area contributed by atoms with Gasteiger partial charge in [0.2, 0.25) is 5.91 Å². The Balaban J connectivity index is 0.000000616. The standard InChI is InChI=1S/C26H28ClN5O3.C2HF3O2/c1-15-10-19(11-16(2)35-15)32-22(33)13-26(3,31-25(32)29)20-8-5-9-21(23(20)27)30-24(34)18-7-4-6-17(12-18)14-28;3-2(4,5)1(6)7/h4-9,12,15-16,19H,10-11,13H2,1-3H3,(H2,29,31)(H,30,34);(H,6,7)/t15-,16+,19?,26-;/m0./s1. The molecule has 0 radical (unpaired) electrons. The second-order valence-corrected chi connectivity index (χ2v) is 10.6. The molecule has 2 aliphatic rings. The van der Waals surface area contributed by atoms with Gasteiger partial charge in [-0.3, -0.25) is 19.9 Å². The number of carbonyl (C=O) groups excluding carboxylic acids is 2. The molecular formula is C28H29ClF3N5O5. The van der Waals surface area contributed by atoms with Crippen LogP contribution < -0.4 is 10.6 Å². The van der Waals surface area contributed by atoms with Gasteiger partial charge in [-0.05, 0) is 63.4 Å². The van der Waals surface area contributed by atoms with Crippen LogP contribution in [0.25, 0.3) is 0 Å². The normalized spacial score (nSPS) is 24.0. The zero-order valence-corrected chi connectivity index (χ0v) is 23.6. The Morgan fingerprint density at radius 1 is 1.21 bits per heavy atom. The second kappa shape index (κ2) is 12.8. The van der Waals surface area contributed by atoms with Crippen LogP contribution in [0.15, 0.2) is 42.5 Å². The summed E-state index contributed by atoms with van der Waals surface area (Å²) in [6, 6.07) is 13.5. The molecule has 0 aromatic heterocycles. The number of anilines is 1. The van der Waals surface area contributed by atoms with Crippen LogP contribution >= 0.6 is 11.6 Å². The zero-order chi connectivity index (χ0) is 31.4.